The molecule has 0 aliphatic rings. The van der Waals surface area contributed by atoms with Gasteiger partial charge in [-0.3, -0.25) is 0 Å². The van der Waals surface area contributed by atoms with Crippen molar-refractivity contribution in [1.82, 2.24) is 5.48 Å². The maximum Gasteiger partial charge on any atom is 0.179 e. The van der Waals surface area contributed by atoms with E-state index < -0.39 is 5.82 Å². The number of rotatable bonds is 4. The SMILES string of the molecule is CONCc1ccc(Br)c(F)c1OC. The zero-order valence-corrected chi connectivity index (χ0v) is 9.52. The van der Waals surface area contributed by atoms with Crippen molar-refractivity contribution in [3.05, 3.63) is 28.0 Å². The van der Waals surface area contributed by atoms with Gasteiger partial charge in [0.1, 0.15) is 0 Å². The summed E-state index contributed by atoms with van der Waals surface area (Å²) in [6, 6.07) is 3.39. The number of ether oxygens (including phenoxy) is 1. The van der Waals surface area contributed by atoms with Gasteiger partial charge in [-0.2, -0.15) is 5.48 Å². The lowest BCUT2D eigenvalue weighted by Gasteiger charge is -2.10. The maximum absolute atomic E-state index is 13.4. The van der Waals surface area contributed by atoms with Crippen molar-refractivity contribution in [2.24, 2.45) is 0 Å². The molecule has 0 amide bonds. The highest BCUT2D eigenvalue weighted by Gasteiger charge is 2.11. The Morgan fingerprint density at radius 2 is 2.14 bits per heavy atom. The molecule has 0 fully saturated rings. The van der Waals surface area contributed by atoms with Crippen molar-refractivity contribution in [2.45, 2.75) is 6.54 Å². The summed E-state index contributed by atoms with van der Waals surface area (Å²) in [6.45, 7) is 0.393. The Balaban J connectivity index is 2.98. The minimum absolute atomic E-state index is 0.226. The molecule has 0 radical (unpaired) electrons. The molecule has 1 aromatic rings. The zero-order chi connectivity index (χ0) is 10.6. The number of halogens is 2. The average Bonchev–Trinajstić information content (AvgIpc) is 2.20. The fourth-order valence-corrected chi connectivity index (χ4v) is 1.39. The minimum Gasteiger partial charge on any atom is -0.493 e. The van der Waals surface area contributed by atoms with Gasteiger partial charge in [-0.05, 0) is 22.0 Å². The van der Waals surface area contributed by atoms with Gasteiger partial charge in [0.2, 0.25) is 0 Å². The molecule has 1 aromatic carbocycles. The van der Waals surface area contributed by atoms with E-state index in [1.54, 1.807) is 12.1 Å². The first-order chi connectivity index (χ1) is 6.70. The van der Waals surface area contributed by atoms with Gasteiger partial charge in [-0.25, -0.2) is 4.39 Å². The van der Waals surface area contributed by atoms with Crippen molar-refractivity contribution in [3.8, 4) is 5.75 Å². The molecule has 0 atom stereocenters. The third-order valence-electron chi connectivity index (χ3n) is 1.74. The van der Waals surface area contributed by atoms with Crippen molar-refractivity contribution in [2.75, 3.05) is 14.2 Å². The molecule has 0 saturated carbocycles. The Bertz CT molecular complexity index is 320. The largest absolute Gasteiger partial charge is 0.493 e. The fourth-order valence-electron chi connectivity index (χ4n) is 1.08. The van der Waals surface area contributed by atoms with Crippen LogP contribution in [0, 0.1) is 5.82 Å². The van der Waals surface area contributed by atoms with Crippen LogP contribution >= 0.6 is 15.9 Å². The summed E-state index contributed by atoms with van der Waals surface area (Å²) in [7, 11) is 2.93. The second kappa shape index (κ2) is 5.29. The van der Waals surface area contributed by atoms with E-state index in [1.165, 1.54) is 14.2 Å². The Labute approximate surface area is 90.3 Å². The highest BCUT2D eigenvalue weighted by molar-refractivity contribution is 9.10. The molecule has 5 heteroatoms. The van der Waals surface area contributed by atoms with Crippen LogP contribution in [-0.2, 0) is 11.4 Å². The van der Waals surface area contributed by atoms with Crippen molar-refractivity contribution >= 4 is 15.9 Å². The van der Waals surface area contributed by atoms with E-state index in [2.05, 4.69) is 26.2 Å². The summed E-state index contributed by atoms with van der Waals surface area (Å²) >= 11 is 3.08. The first-order valence-electron chi connectivity index (χ1n) is 3.97. The van der Waals surface area contributed by atoms with Gasteiger partial charge in [0.15, 0.2) is 11.6 Å². The van der Waals surface area contributed by atoms with Crippen LogP contribution in [0.1, 0.15) is 5.56 Å². The molecule has 1 rings (SSSR count). The van der Waals surface area contributed by atoms with Gasteiger partial charge in [-0.1, -0.05) is 6.07 Å². The Morgan fingerprint density at radius 1 is 1.43 bits per heavy atom. The van der Waals surface area contributed by atoms with Gasteiger partial charge < -0.3 is 9.57 Å². The van der Waals surface area contributed by atoms with Crippen LogP contribution in [0.15, 0.2) is 16.6 Å². The molecule has 14 heavy (non-hydrogen) atoms. The van der Waals surface area contributed by atoms with E-state index in [1.807, 2.05) is 0 Å². The summed E-state index contributed by atoms with van der Waals surface area (Å²) in [4.78, 5) is 4.68. The van der Waals surface area contributed by atoms with E-state index in [4.69, 9.17) is 4.74 Å². The summed E-state index contributed by atoms with van der Waals surface area (Å²) in [6.07, 6.45) is 0. The topological polar surface area (TPSA) is 30.5 Å². The van der Waals surface area contributed by atoms with Gasteiger partial charge in [0, 0.05) is 12.1 Å². The van der Waals surface area contributed by atoms with Gasteiger partial charge in [0.05, 0.1) is 18.7 Å². The van der Waals surface area contributed by atoms with Crippen LogP contribution < -0.4 is 10.2 Å². The summed E-state index contributed by atoms with van der Waals surface area (Å²) in [5.74, 6) is -0.174. The van der Waals surface area contributed by atoms with Crippen molar-refractivity contribution < 1.29 is 14.0 Å². The molecule has 0 spiro atoms. The lowest BCUT2D eigenvalue weighted by Crippen LogP contribution is -2.12. The molecule has 0 unspecified atom stereocenters. The molecule has 0 saturated heterocycles. The molecule has 0 heterocycles. The molecule has 0 aliphatic carbocycles. The lowest BCUT2D eigenvalue weighted by atomic mass is 10.2. The number of hydroxylamine groups is 1. The molecular formula is C9H11BrFNO2. The van der Waals surface area contributed by atoms with Gasteiger partial charge in [-0.15, -0.1) is 0 Å². The number of nitrogens with one attached hydrogen (secondary N) is 1. The maximum atomic E-state index is 13.4. The predicted octanol–water partition coefficient (Wildman–Crippen LogP) is 2.25. The minimum atomic E-state index is -0.400. The smallest absolute Gasteiger partial charge is 0.179 e. The third kappa shape index (κ3) is 2.43. The van der Waals surface area contributed by atoms with Crippen molar-refractivity contribution in [3.63, 3.8) is 0 Å². The number of hydrogen-bond acceptors (Lipinski definition) is 3. The van der Waals surface area contributed by atoms with Crippen molar-refractivity contribution in [1.29, 1.82) is 0 Å². The van der Waals surface area contributed by atoms with E-state index in [-0.39, 0.29) is 5.75 Å². The Hall–Kier alpha value is -0.650. The monoisotopic (exact) mass is 263 g/mol. The molecule has 0 aromatic heterocycles. The average molecular weight is 264 g/mol. The molecule has 3 nitrogen and oxygen atoms in total. The molecule has 0 aliphatic heterocycles. The first-order valence-corrected chi connectivity index (χ1v) is 4.76. The highest BCUT2D eigenvalue weighted by atomic mass is 79.9. The Morgan fingerprint density at radius 3 is 2.71 bits per heavy atom. The van der Waals surface area contributed by atoms with Crippen LogP contribution in [0.4, 0.5) is 4.39 Å². The Kier molecular flexibility index (Phi) is 4.31. The fraction of sp³-hybridized carbons (Fsp3) is 0.333. The van der Waals surface area contributed by atoms with Gasteiger partial charge >= 0.3 is 0 Å². The van der Waals surface area contributed by atoms with E-state index in [0.717, 1.165) is 0 Å². The van der Waals surface area contributed by atoms with Crippen LogP contribution in [0.25, 0.3) is 0 Å². The van der Waals surface area contributed by atoms with Crippen LogP contribution in [0.3, 0.4) is 0 Å². The second-order valence-corrected chi connectivity index (χ2v) is 3.43. The molecule has 0 bridgehead atoms. The summed E-state index contributed by atoms with van der Waals surface area (Å²) in [5, 5.41) is 0. The van der Waals surface area contributed by atoms with E-state index in [9.17, 15) is 4.39 Å². The second-order valence-electron chi connectivity index (χ2n) is 2.58. The van der Waals surface area contributed by atoms with E-state index in [0.29, 0.717) is 16.6 Å². The van der Waals surface area contributed by atoms with Crippen LogP contribution in [-0.4, -0.2) is 14.2 Å². The van der Waals surface area contributed by atoms with Crippen LogP contribution in [0.2, 0.25) is 0 Å². The first kappa shape index (κ1) is 11.4. The number of methoxy groups -OCH3 is 1. The summed E-state index contributed by atoms with van der Waals surface area (Å²) in [5.41, 5.74) is 3.33. The van der Waals surface area contributed by atoms with E-state index >= 15 is 0 Å². The summed E-state index contributed by atoms with van der Waals surface area (Å²) < 4.78 is 18.8. The van der Waals surface area contributed by atoms with Gasteiger partial charge in [0.25, 0.3) is 0 Å². The quantitative estimate of drug-likeness (QED) is 0.846. The standard InChI is InChI=1S/C9H11BrFNO2/c1-13-9-6(5-12-14-2)3-4-7(10)8(9)11/h3-4,12H,5H2,1-2H3. The molecular weight excluding hydrogens is 253 g/mol. The number of hydrogen-bond donors (Lipinski definition) is 1. The number of benzene rings is 1. The zero-order valence-electron chi connectivity index (χ0n) is 7.93. The third-order valence-corrected chi connectivity index (χ3v) is 2.36. The molecule has 1 N–H and O–H groups in total. The highest BCUT2D eigenvalue weighted by Crippen LogP contribution is 2.28. The normalized spacial score (nSPS) is 10.3. The predicted molar refractivity (Wildman–Crippen MR) is 54.5 cm³/mol. The van der Waals surface area contributed by atoms with Crippen LogP contribution in [0.5, 0.6) is 5.75 Å². The lowest BCUT2D eigenvalue weighted by molar-refractivity contribution is 0.0860. The molecule has 78 valence electrons.